The van der Waals surface area contributed by atoms with Crippen LogP contribution in [-0.4, -0.2) is 10.6 Å². The molecule has 4 nitrogen and oxygen atoms in total. The first-order valence-electron chi connectivity index (χ1n) is 5.54. The zero-order chi connectivity index (χ0) is 12.4. The number of hydrogen-bond donors (Lipinski definition) is 0. The fourth-order valence-corrected chi connectivity index (χ4v) is 2.22. The van der Waals surface area contributed by atoms with Gasteiger partial charge in [0.1, 0.15) is 0 Å². The van der Waals surface area contributed by atoms with Crippen LogP contribution in [0.15, 0.2) is 41.0 Å². The molecular weight excluding hydrogens is 216 g/mol. The summed E-state index contributed by atoms with van der Waals surface area (Å²) in [4.78, 5) is 15.0. The van der Waals surface area contributed by atoms with Crippen LogP contribution in [0.3, 0.4) is 0 Å². The molecule has 1 aromatic carbocycles. The van der Waals surface area contributed by atoms with Crippen LogP contribution in [-0.2, 0) is 0 Å². The topological polar surface area (TPSA) is 55.5 Å². The van der Waals surface area contributed by atoms with Crippen molar-refractivity contribution < 1.29 is 4.92 Å². The van der Waals surface area contributed by atoms with Gasteiger partial charge in [-0.3, -0.25) is 15.1 Å². The van der Waals surface area contributed by atoms with Crippen LogP contribution in [0.5, 0.6) is 0 Å². The molecule has 2 rings (SSSR count). The van der Waals surface area contributed by atoms with Crippen molar-refractivity contribution in [3.63, 3.8) is 0 Å². The Bertz CT molecular complexity index is 518. The van der Waals surface area contributed by atoms with Gasteiger partial charge in [0.2, 0.25) is 0 Å². The summed E-state index contributed by atoms with van der Waals surface area (Å²) in [6.45, 7) is 3.88. The summed E-state index contributed by atoms with van der Waals surface area (Å²) in [6, 6.07) is 6.92. The second kappa shape index (κ2) is 4.49. The summed E-state index contributed by atoms with van der Waals surface area (Å²) in [6.07, 6.45) is 2.75. The number of rotatable bonds is 2. The first-order valence-corrected chi connectivity index (χ1v) is 5.54. The molecule has 1 aromatic rings. The quantitative estimate of drug-likeness (QED) is 0.577. The number of nitro benzene ring substituents is 1. The fourth-order valence-electron chi connectivity index (χ4n) is 2.22. The van der Waals surface area contributed by atoms with Crippen molar-refractivity contribution in [3.8, 4) is 0 Å². The van der Waals surface area contributed by atoms with Gasteiger partial charge in [-0.15, -0.1) is 0 Å². The number of para-hydroxylation sites is 1. The van der Waals surface area contributed by atoms with E-state index in [2.05, 4.69) is 4.99 Å². The third-order valence-corrected chi connectivity index (χ3v) is 2.86. The molecule has 4 heteroatoms. The molecule has 0 bridgehead atoms. The maximum absolute atomic E-state index is 11.0. The molecule has 17 heavy (non-hydrogen) atoms. The molecular formula is C13H14N2O2. The molecule has 1 heterocycles. The number of hydrogen-bond acceptors (Lipinski definition) is 3. The number of nitro groups is 1. The van der Waals surface area contributed by atoms with Gasteiger partial charge in [-0.2, -0.15) is 0 Å². The predicted octanol–water partition coefficient (Wildman–Crippen LogP) is 3.45. The molecule has 0 aliphatic carbocycles. The largest absolute Gasteiger partial charge is 0.273 e. The van der Waals surface area contributed by atoms with Gasteiger partial charge in [0, 0.05) is 29.0 Å². The molecule has 1 aliphatic rings. The summed E-state index contributed by atoms with van der Waals surface area (Å²) in [5.41, 5.74) is 2.91. The Morgan fingerprint density at radius 3 is 2.71 bits per heavy atom. The minimum atomic E-state index is -0.320. The fraction of sp³-hybridized carbons (Fsp3) is 0.308. The Kier molecular flexibility index (Phi) is 3.04. The average molecular weight is 230 g/mol. The van der Waals surface area contributed by atoms with Crippen molar-refractivity contribution >= 4 is 11.4 Å². The van der Waals surface area contributed by atoms with Crippen LogP contribution in [0.25, 0.3) is 0 Å². The van der Waals surface area contributed by atoms with Gasteiger partial charge in [-0.05, 0) is 20.3 Å². The Labute approximate surface area is 99.8 Å². The van der Waals surface area contributed by atoms with E-state index in [0.29, 0.717) is 0 Å². The maximum atomic E-state index is 11.0. The van der Waals surface area contributed by atoms with Crippen LogP contribution in [0.4, 0.5) is 5.69 Å². The molecule has 0 aromatic heterocycles. The van der Waals surface area contributed by atoms with Crippen LogP contribution in [0.2, 0.25) is 0 Å². The average Bonchev–Trinajstić information content (AvgIpc) is 2.27. The van der Waals surface area contributed by atoms with E-state index in [-0.39, 0.29) is 16.5 Å². The molecule has 0 amide bonds. The van der Waals surface area contributed by atoms with Crippen molar-refractivity contribution in [2.75, 3.05) is 0 Å². The Hall–Kier alpha value is -1.97. The van der Waals surface area contributed by atoms with Gasteiger partial charge in [-0.25, -0.2) is 0 Å². The number of aliphatic imine (C=N–C) groups is 1. The molecule has 0 saturated carbocycles. The predicted molar refractivity (Wildman–Crippen MR) is 67.3 cm³/mol. The van der Waals surface area contributed by atoms with E-state index in [0.717, 1.165) is 23.4 Å². The first kappa shape index (κ1) is 11.5. The molecule has 1 atom stereocenters. The highest BCUT2D eigenvalue weighted by Crippen LogP contribution is 2.33. The van der Waals surface area contributed by atoms with E-state index in [1.807, 2.05) is 32.1 Å². The zero-order valence-corrected chi connectivity index (χ0v) is 9.88. The molecule has 0 spiro atoms. The summed E-state index contributed by atoms with van der Waals surface area (Å²) < 4.78 is 0. The summed E-state index contributed by atoms with van der Waals surface area (Å²) in [5, 5.41) is 11.0. The van der Waals surface area contributed by atoms with Crippen molar-refractivity contribution in [2.45, 2.75) is 26.2 Å². The molecule has 1 unspecified atom stereocenters. The van der Waals surface area contributed by atoms with E-state index in [1.165, 1.54) is 0 Å². The van der Waals surface area contributed by atoms with Crippen LogP contribution >= 0.6 is 0 Å². The van der Waals surface area contributed by atoms with E-state index in [1.54, 1.807) is 12.1 Å². The maximum Gasteiger partial charge on any atom is 0.273 e. The van der Waals surface area contributed by atoms with E-state index >= 15 is 0 Å². The number of benzene rings is 1. The van der Waals surface area contributed by atoms with Crippen molar-refractivity contribution in [3.05, 3.63) is 51.7 Å². The zero-order valence-electron chi connectivity index (χ0n) is 9.88. The van der Waals surface area contributed by atoms with Gasteiger partial charge in [-0.1, -0.05) is 24.3 Å². The summed E-state index contributed by atoms with van der Waals surface area (Å²) in [7, 11) is 0. The number of allylic oxidation sites excluding steroid dienone is 2. The van der Waals surface area contributed by atoms with Gasteiger partial charge >= 0.3 is 0 Å². The van der Waals surface area contributed by atoms with Crippen molar-refractivity contribution in [1.29, 1.82) is 0 Å². The lowest BCUT2D eigenvalue weighted by molar-refractivity contribution is -0.385. The first-order chi connectivity index (χ1) is 8.08. The minimum absolute atomic E-state index is 0.0640. The second-order valence-electron chi connectivity index (χ2n) is 4.28. The lowest BCUT2D eigenvalue weighted by Gasteiger charge is -2.18. The van der Waals surface area contributed by atoms with Crippen LogP contribution in [0, 0.1) is 10.1 Å². The van der Waals surface area contributed by atoms with E-state index in [9.17, 15) is 10.1 Å². The molecule has 1 aliphatic heterocycles. The summed E-state index contributed by atoms with van der Waals surface area (Å²) in [5.74, 6) is 0.0640. The minimum Gasteiger partial charge on any atom is -0.263 e. The molecule has 0 radical (unpaired) electrons. The number of nitrogens with zero attached hydrogens (tertiary/aromatic N) is 2. The van der Waals surface area contributed by atoms with E-state index in [4.69, 9.17) is 0 Å². The SMILES string of the molecule is CC1=CC(c2ccccc2[N+](=O)[O-])CC(C)=N1. The standard InChI is InChI=1S/C13H14N2O2/c1-9-7-11(8-10(2)14-9)12-5-3-4-6-13(12)15(16)17/h3-7,11H,8H2,1-2H3. The highest BCUT2D eigenvalue weighted by Gasteiger charge is 2.22. The molecule has 0 N–H and O–H groups in total. The molecule has 0 saturated heterocycles. The highest BCUT2D eigenvalue weighted by molar-refractivity contribution is 5.85. The monoisotopic (exact) mass is 230 g/mol. The third kappa shape index (κ3) is 2.41. The lowest BCUT2D eigenvalue weighted by atomic mass is 9.90. The third-order valence-electron chi connectivity index (χ3n) is 2.86. The van der Waals surface area contributed by atoms with Crippen molar-refractivity contribution in [2.24, 2.45) is 4.99 Å². The highest BCUT2D eigenvalue weighted by atomic mass is 16.6. The molecule has 88 valence electrons. The Balaban J connectivity index is 2.42. The second-order valence-corrected chi connectivity index (χ2v) is 4.28. The van der Waals surface area contributed by atoms with Gasteiger partial charge in [0.15, 0.2) is 0 Å². The lowest BCUT2D eigenvalue weighted by Crippen LogP contribution is -2.09. The molecule has 0 fully saturated rings. The van der Waals surface area contributed by atoms with Crippen LogP contribution < -0.4 is 0 Å². The van der Waals surface area contributed by atoms with Gasteiger partial charge < -0.3 is 0 Å². The normalized spacial score (nSPS) is 19.5. The smallest absolute Gasteiger partial charge is 0.263 e. The summed E-state index contributed by atoms with van der Waals surface area (Å²) >= 11 is 0. The van der Waals surface area contributed by atoms with Crippen molar-refractivity contribution in [1.82, 2.24) is 0 Å². The van der Waals surface area contributed by atoms with E-state index < -0.39 is 0 Å². The Morgan fingerprint density at radius 2 is 2.06 bits per heavy atom. The van der Waals surface area contributed by atoms with Gasteiger partial charge in [0.05, 0.1) is 4.92 Å². The Morgan fingerprint density at radius 1 is 1.35 bits per heavy atom. The van der Waals surface area contributed by atoms with Gasteiger partial charge in [0.25, 0.3) is 5.69 Å². The van der Waals surface area contributed by atoms with Crippen LogP contribution in [0.1, 0.15) is 31.7 Å².